The van der Waals surface area contributed by atoms with E-state index in [1.165, 1.54) is 5.69 Å². The molecule has 1 aliphatic rings. The molecule has 1 heterocycles. The molecule has 0 aliphatic carbocycles. The van der Waals surface area contributed by atoms with Gasteiger partial charge in [0.25, 0.3) is 0 Å². The maximum Gasteiger partial charge on any atom is 0.239 e. The number of piperazine rings is 1. The van der Waals surface area contributed by atoms with Crippen LogP contribution in [-0.4, -0.2) is 69.1 Å². The highest BCUT2D eigenvalue weighted by atomic mass is 32.2. The molecule has 2 aromatic carbocycles. The number of carbonyl (C=O) groups excluding carboxylic acids is 1. The highest BCUT2D eigenvalue weighted by Crippen LogP contribution is 2.23. The number of hydrogen-bond donors (Lipinski definition) is 2. The molecule has 1 saturated heterocycles. The van der Waals surface area contributed by atoms with E-state index in [0.29, 0.717) is 12.1 Å². The molecule has 0 saturated carbocycles. The molecule has 0 spiro atoms. The Balaban J connectivity index is 1.37. The minimum atomic E-state index is -3.38. The molecule has 2 aromatic rings. The van der Waals surface area contributed by atoms with Crippen LogP contribution in [0, 0.1) is 0 Å². The number of hydrogen-bond acceptors (Lipinski definition) is 6. The minimum Gasteiger partial charge on any atom is -0.388 e. The van der Waals surface area contributed by atoms with Crippen molar-refractivity contribution < 1.29 is 18.3 Å². The second kappa shape index (κ2) is 11.4. The summed E-state index contributed by atoms with van der Waals surface area (Å²) in [5.41, 5.74) is 2.50. The fraction of sp³-hybridized carbons (Fsp3) is 0.458. The number of anilines is 2. The van der Waals surface area contributed by atoms with Crippen molar-refractivity contribution in [1.82, 2.24) is 4.90 Å². The number of para-hydroxylation sites is 1. The standard InChI is InChI=1S/C24H33N3O4S/c1-32(30,31)19-24(29)25-21-9-7-8-20(18-21)23(28)12-5-6-13-26-14-16-27(17-15-26)22-10-3-2-4-11-22/h2-4,7-11,18,23,28H,5-6,12-17,19H2,1H3,(H,25,29). The lowest BCUT2D eigenvalue weighted by molar-refractivity contribution is -0.113. The first-order chi connectivity index (χ1) is 15.3. The summed E-state index contributed by atoms with van der Waals surface area (Å²) in [6.07, 6.45) is 2.98. The number of carbonyl (C=O) groups is 1. The Morgan fingerprint density at radius 2 is 1.75 bits per heavy atom. The van der Waals surface area contributed by atoms with Crippen LogP contribution in [0.3, 0.4) is 0 Å². The minimum absolute atomic E-state index is 0.492. The molecular formula is C24H33N3O4S. The van der Waals surface area contributed by atoms with Crippen LogP contribution in [0.15, 0.2) is 54.6 Å². The Morgan fingerprint density at radius 3 is 2.44 bits per heavy atom. The van der Waals surface area contributed by atoms with Gasteiger partial charge in [-0.05, 0) is 55.6 Å². The van der Waals surface area contributed by atoms with Crippen molar-refractivity contribution in [3.05, 3.63) is 60.2 Å². The van der Waals surface area contributed by atoms with E-state index in [2.05, 4.69) is 39.4 Å². The van der Waals surface area contributed by atoms with E-state index in [-0.39, 0.29) is 0 Å². The molecule has 1 unspecified atom stereocenters. The molecule has 8 heteroatoms. The van der Waals surface area contributed by atoms with Crippen LogP contribution in [0.25, 0.3) is 0 Å². The van der Waals surface area contributed by atoms with Crippen molar-refractivity contribution in [2.75, 3.05) is 54.9 Å². The molecule has 2 N–H and O–H groups in total. The third-order valence-corrected chi connectivity index (χ3v) is 6.43. The number of sulfone groups is 1. The van der Waals surface area contributed by atoms with Crippen LogP contribution in [0.5, 0.6) is 0 Å². The Hall–Kier alpha value is -2.42. The van der Waals surface area contributed by atoms with Gasteiger partial charge < -0.3 is 15.3 Å². The number of aliphatic hydroxyl groups is 1. The van der Waals surface area contributed by atoms with Crippen molar-refractivity contribution in [2.24, 2.45) is 0 Å². The second-order valence-electron chi connectivity index (χ2n) is 8.42. The highest BCUT2D eigenvalue weighted by molar-refractivity contribution is 7.91. The van der Waals surface area contributed by atoms with Crippen LogP contribution >= 0.6 is 0 Å². The number of nitrogens with zero attached hydrogens (tertiary/aromatic N) is 2. The van der Waals surface area contributed by atoms with Crippen LogP contribution in [0.4, 0.5) is 11.4 Å². The third kappa shape index (κ3) is 7.93. The predicted molar refractivity (Wildman–Crippen MR) is 129 cm³/mol. The number of rotatable bonds is 10. The number of benzene rings is 2. The predicted octanol–water partition coefficient (Wildman–Crippen LogP) is 2.70. The van der Waals surface area contributed by atoms with Crippen LogP contribution < -0.4 is 10.2 Å². The second-order valence-corrected chi connectivity index (χ2v) is 10.6. The van der Waals surface area contributed by atoms with E-state index in [1.807, 2.05) is 12.1 Å². The normalized spacial score (nSPS) is 16.0. The van der Waals surface area contributed by atoms with Gasteiger partial charge in [-0.2, -0.15) is 0 Å². The first-order valence-corrected chi connectivity index (χ1v) is 13.1. The summed E-state index contributed by atoms with van der Waals surface area (Å²) < 4.78 is 22.5. The van der Waals surface area contributed by atoms with Crippen molar-refractivity contribution in [2.45, 2.75) is 25.4 Å². The van der Waals surface area contributed by atoms with Crippen molar-refractivity contribution >= 4 is 27.1 Å². The number of nitrogens with one attached hydrogen (secondary N) is 1. The SMILES string of the molecule is CS(=O)(=O)CC(=O)Nc1cccc(C(O)CCCCN2CCN(c3ccccc3)CC2)c1. The lowest BCUT2D eigenvalue weighted by Crippen LogP contribution is -2.46. The van der Waals surface area contributed by atoms with Crippen LogP contribution in [-0.2, 0) is 14.6 Å². The Labute approximate surface area is 191 Å². The average molecular weight is 460 g/mol. The summed E-state index contributed by atoms with van der Waals surface area (Å²) in [6, 6.07) is 17.5. The van der Waals surface area contributed by atoms with Gasteiger partial charge in [0.2, 0.25) is 5.91 Å². The van der Waals surface area contributed by atoms with Gasteiger partial charge in [0.05, 0.1) is 6.10 Å². The van der Waals surface area contributed by atoms with E-state index in [0.717, 1.165) is 57.4 Å². The van der Waals surface area contributed by atoms with Gasteiger partial charge in [-0.25, -0.2) is 8.42 Å². The largest absolute Gasteiger partial charge is 0.388 e. The maximum absolute atomic E-state index is 11.8. The summed E-state index contributed by atoms with van der Waals surface area (Å²) in [6.45, 7) is 5.19. The highest BCUT2D eigenvalue weighted by Gasteiger charge is 2.17. The lowest BCUT2D eigenvalue weighted by Gasteiger charge is -2.36. The van der Waals surface area contributed by atoms with Crippen molar-refractivity contribution in [3.63, 3.8) is 0 Å². The fourth-order valence-corrected chi connectivity index (χ4v) is 4.52. The summed E-state index contributed by atoms with van der Waals surface area (Å²) in [5.74, 6) is -1.13. The van der Waals surface area contributed by atoms with E-state index < -0.39 is 27.6 Å². The Kier molecular flexibility index (Phi) is 8.67. The molecule has 1 aliphatic heterocycles. The quantitative estimate of drug-likeness (QED) is 0.531. The van der Waals surface area contributed by atoms with Gasteiger partial charge in [0.1, 0.15) is 5.75 Å². The van der Waals surface area contributed by atoms with E-state index >= 15 is 0 Å². The van der Waals surface area contributed by atoms with E-state index in [4.69, 9.17) is 0 Å². The van der Waals surface area contributed by atoms with Gasteiger partial charge in [0, 0.05) is 43.8 Å². The van der Waals surface area contributed by atoms with Gasteiger partial charge in [0.15, 0.2) is 9.84 Å². The molecule has 1 amide bonds. The smallest absolute Gasteiger partial charge is 0.239 e. The zero-order valence-corrected chi connectivity index (χ0v) is 19.4. The molecule has 3 rings (SSSR count). The third-order valence-electron chi connectivity index (χ3n) is 5.64. The number of aliphatic hydroxyl groups excluding tert-OH is 1. The van der Waals surface area contributed by atoms with Gasteiger partial charge in [-0.15, -0.1) is 0 Å². The average Bonchev–Trinajstić information content (AvgIpc) is 2.76. The topological polar surface area (TPSA) is 89.9 Å². The molecule has 0 aromatic heterocycles. The maximum atomic E-state index is 11.8. The summed E-state index contributed by atoms with van der Waals surface area (Å²) in [4.78, 5) is 16.7. The molecule has 0 bridgehead atoms. The van der Waals surface area contributed by atoms with E-state index in [1.54, 1.807) is 18.2 Å². The van der Waals surface area contributed by atoms with Crippen molar-refractivity contribution in [3.8, 4) is 0 Å². The number of unbranched alkanes of at least 4 members (excludes halogenated alkanes) is 1. The van der Waals surface area contributed by atoms with Crippen molar-refractivity contribution in [1.29, 1.82) is 0 Å². The van der Waals surface area contributed by atoms with Gasteiger partial charge in [-0.3, -0.25) is 9.69 Å². The summed E-state index contributed by atoms with van der Waals surface area (Å²) >= 11 is 0. The number of amides is 1. The zero-order valence-electron chi connectivity index (χ0n) is 18.6. The molecule has 0 radical (unpaired) electrons. The molecule has 32 heavy (non-hydrogen) atoms. The Morgan fingerprint density at radius 1 is 1.03 bits per heavy atom. The van der Waals surface area contributed by atoms with E-state index in [9.17, 15) is 18.3 Å². The molecule has 7 nitrogen and oxygen atoms in total. The van der Waals surface area contributed by atoms with Gasteiger partial charge in [-0.1, -0.05) is 30.3 Å². The fourth-order valence-electron chi connectivity index (χ4n) is 3.97. The summed E-state index contributed by atoms with van der Waals surface area (Å²) in [7, 11) is -3.38. The Bertz CT molecular complexity index is 974. The molecule has 1 atom stereocenters. The van der Waals surface area contributed by atoms with Crippen LogP contribution in [0.2, 0.25) is 0 Å². The zero-order chi connectivity index (χ0) is 23.0. The monoisotopic (exact) mass is 459 g/mol. The van der Waals surface area contributed by atoms with Crippen LogP contribution in [0.1, 0.15) is 30.9 Å². The van der Waals surface area contributed by atoms with Gasteiger partial charge >= 0.3 is 0 Å². The molecular weight excluding hydrogens is 426 g/mol. The lowest BCUT2D eigenvalue weighted by atomic mass is 10.0. The molecule has 174 valence electrons. The molecule has 1 fully saturated rings. The first kappa shape index (κ1) is 24.2. The summed E-state index contributed by atoms with van der Waals surface area (Å²) in [5, 5.41) is 13.1. The first-order valence-electron chi connectivity index (χ1n) is 11.1.